The van der Waals surface area contributed by atoms with Gasteiger partial charge in [0.25, 0.3) is 0 Å². The summed E-state index contributed by atoms with van der Waals surface area (Å²) in [6.45, 7) is 4.45. The summed E-state index contributed by atoms with van der Waals surface area (Å²) in [5.41, 5.74) is 0.357. The van der Waals surface area contributed by atoms with E-state index in [1.807, 2.05) is 0 Å². The van der Waals surface area contributed by atoms with E-state index < -0.39 is 9.84 Å². The van der Waals surface area contributed by atoms with Gasteiger partial charge in [0.05, 0.1) is 11.5 Å². The van der Waals surface area contributed by atoms with Crippen molar-refractivity contribution in [3.63, 3.8) is 0 Å². The van der Waals surface area contributed by atoms with Gasteiger partial charge in [-0.2, -0.15) is 0 Å². The number of hydrogen-bond donors (Lipinski definition) is 0. The molecule has 0 amide bonds. The van der Waals surface area contributed by atoms with Gasteiger partial charge in [0.15, 0.2) is 0 Å². The van der Waals surface area contributed by atoms with E-state index in [4.69, 9.17) is 0 Å². The van der Waals surface area contributed by atoms with Crippen LogP contribution in [0.25, 0.3) is 0 Å². The highest BCUT2D eigenvalue weighted by Crippen LogP contribution is 2.30. The molecule has 0 bridgehead atoms. The average molecular weight is 190 g/mol. The van der Waals surface area contributed by atoms with Crippen LogP contribution in [0.3, 0.4) is 0 Å². The minimum Gasteiger partial charge on any atom is -0.229 e. The van der Waals surface area contributed by atoms with Crippen LogP contribution in [0.2, 0.25) is 0 Å². The third-order valence-electron chi connectivity index (χ3n) is 2.62. The van der Waals surface area contributed by atoms with Crippen molar-refractivity contribution in [2.75, 3.05) is 11.5 Å². The first kappa shape index (κ1) is 10.0. The monoisotopic (exact) mass is 190 g/mol. The predicted octanol–water partition coefficient (Wildman–Crippen LogP) is 2.00. The highest BCUT2D eigenvalue weighted by Gasteiger charge is 2.23. The second kappa shape index (κ2) is 3.36. The van der Waals surface area contributed by atoms with Gasteiger partial charge in [-0.15, -0.1) is 0 Å². The van der Waals surface area contributed by atoms with Gasteiger partial charge < -0.3 is 0 Å². The first-order valence-electron chi connectivity index (χ1n) is 4.62. The fraction of sp³-hybridized carbons (Fsp3) is 1.00. The van der Waals surface area contributed by atoms with E-state index in [1.165, 1.54) is 0 Å². The molecule has 3 heteroatoms. The predicted molar refractivity (Wildman–Crippen MR) is 50.9 cm³/mol. The fourth-order valence-electron chi connectivity index (χ4n) is 1.77. The minimum absolute atomic E-state index is 0.357. The highest BCUT2D eigenvalue weighted by molar-refractivity contribution is 7.91. The Morgan fingerprint density at radius 2 is 1.42 bits per heavy atom. The summed E-state index contributed by atoms with van der Waals surface area (Å²) >= 11 is 0. The van der Waals surface area contributed by atoms with E-state index in [0.29, 0.717) is 16.9 Å². The number of hydrogen-bond acceptors (Lipinski definition) is 2. The molecule has 0 aromatic heterocycles. The van der Waals surface area contributed by atoms with Crippen LogP contribution in [0.5, 0.6) is 0 Å². The normalized spacial score (nSPS) is 28.8. The van der Waals surface area contributed by atoms with Gasteiger partial charge >= 0.3 is 0 Å². The van der Waals surface area contributed by atoms with E-state index in [0.717, 1.165) is 25.7 Å². The maximum Gasteiger partial charge on any atom is 0.150 e. The van der Waals surface area contributed by atoms with Gasteiger partial charge in [0.1, 0.15) is 9.84 Å². The first-order chi connectivity index (χ1) is 5.41. The lowest BCUT2D eigenvalue weighted by atomic mass is 9.83. The van der Waals surface area contributed by atoms with Crippen LogP contribution in [0.4, 0.5) is 0 Å². The molecule has 0 saturated carbocycles. The summed E-state index contributed by atoms with van der Waals surface area (Å²) in [5, 5.41) is 0. The van der Waals surface area contributed by atoms with Gasteiger partial charge in [-0.1, -0.05) is 13.8 Å². The van der Waals surface area contributed by atoms with Crippen molar-refractivity contribution in [2.24, 2.45) is 5.41 Å². The van der Waals surface area contributed by atoms with Crippen molar-refractivity contribution < 1.29 is 8.42 Å². The molecule has 1 aliphatic rings. The summed E-state index contributed by atoms with van der Waals surface area (Å²) in [4.78, 5) is 0. The molecule has 0 atom stereocenters. The third kappa shape index (κ3) is 3.13. The van der Waals surface area contributed by atoms with Crippen molar-refractivity contribution in [2.45, 2.75) is 39.5 Å². The molecule has 1 rings (SSSR count). The van der Waals surface area contributed by atoms with Crippen LogP contribution >= 0.6 is 0 Å². The Morgan fingerprint density at radius 1 is 1.00 bits per heavy atom. The zero-order valence-electron chi connectivity index (χ0n) is 7.97. The standard InChI is InChI=1S/C9H18O2S/c1-9(2)5-3-7-12(10,11)8-4-6-9/h3-8H2,1-2H3. The van der Waals surface area contributed by atoms with Crippen molar-refractivity contribution >= 4 is 9.84 Å². The van der Waals surface area contributed by atoms with Gasteiger partial charge in [-0.3, -0.25) is 0 Å². The summed E-state index contributed by atoms with van der Waals surface area (Å²) in [5.74, 6) is 0.798. The van der Waals surface area contributed by atoms with Crippen LogP contribution in [-0.2, 0) is 9.84 Å². The molecular weight excluding hydrogens is 172 g/mol. The van der Waals surface area contributed by atoms with Gasteiger partial charge in [-0.25, -0.2) is 8.42 Å². The minimum atomic E-state index is -2.69. The average Bonchev–Trinajstić information content (AvgIpc) is 1.82. The lowest BCUT2D eigenvalue weighted by molar-refractivity contribution is 0.298. The molecule has 0 unspecified atom stereocenters. The molecule has 12 heavy (non-hydrogen) atoms. The molecule has 0 spiro atoms. The largest absolute Gasteiger partial charge is 0.229 e. The lowest BCUT2D eigenvalue weighted by Crippen LogP contribution is -2.21. The summed E-state index contributed by atoms with van der Waals surface area (Å²) < 4.78 is 22.5. The molecule has 0 aromatic carbocycles. The molecule has 0 aromatic rings. The maximum atomic E-state index is 11.2. The SMILES string of the molecule is CC1(C)CCCS(=O)(=O)CCC1. The van der Waals surface area contributed by atoms with Crippen LogP contribution in [0.15, 0.2) is 0 Å². The molecule has 2 nitrogen and oxygen atoms in total. The molecular formula is C9H18O2S. The maximum absolute atomic E-state index is 11.2. The van der Waals surface area contributed by atoms with Crippen molar-refractivity contribution in [3.05, 3.63) is 0 Å². The van der Waals surface area contributed by atoms with E-state index in [-0.39, 0.29) is 0 Å². The van der Waals surface area contributed by atoms with Crippen LogP contribution in [0.1, 0.15) is 39.5 Å². The molecule has 1 fully saturated rings. The van der Waals surface area contributed by atoms with E-state index in [1.54, 1.807) is 0 Å². The lowest BCUT2D eigenvalue weighted by Gasteiger charge is -2.26. The molecule has 72 valence electrons. The topological polar surface area (TPSA) is 34.1 Å². The molecule has 1 aliphatic heterocycles. The van der Waals surface area contributed by atoms with Crippen LogP contribution < -0.4 is 0 Å². The smallest absolute Gasteiger partial charge is 0.150 e. The zero-order valence-corrected chi connectivity index (χ0v) is 8.78. The Hall–Kier alpha value is -0.0500. The third-order valence-corrected chi connectivity index (χ3v) is 4.44. The first-order valence-corrected chi connectivity index (χ1v) is 6.44. The Kier molecular flexibility index (Phi) is 2.81. The van der Waals surface area contributed by atoms with Crippen molar-refractivity contribution in [1.82, 2.24) is 0 Å². The Balaban J connectivity index is 2.57. The molecule has 0 N–H and O–H groups in total. The van der Waals surface area contributed by atoms with Crippen LogP contribution in [0, 0.1) is 5.41 Å². The fourth-order valence-corrected chi connectivity index (χ4v) is 3.14. The second-order valence-corrected chi connectivity index (χ2v) is 6.83. The Bertz CT molecular complexity index is 221. The van der Waals surface area contributed by atoms with Crippen molar-refractivity contribution in [1.29, 1.82) is 0 Å². The Labute approximate surface area is 75.3 Å². The van der Waals surface area contributed by atoms with E-state index >= 15 is 0 Å². The van der Waals surface area contributed by atoms with Gasteiger partial charge in [0, 0.05) is 0 Å². The molecule has 1 heterocycles. The van der Waals surface area contributed by atoms with E-state index in [2.05, 4.69) is 13.8 Å². The molecule has 1 saturated heterocycles. The quantitative estimate of drug-likeness (QED) is 0.585. The summed E-state index contributed by atoms with van der Waals surface area (Å²) in [6, 6.07) is 0. The molecule has 0 aliphatic carbocycles. The summed E-state index contributed by atoms with van der Waals surface area (Å²) in [6.07, 6.45) is 3.78. The van der Waals surface area contributed by atoms with E-state index in [9.17, 15) is 8.42 Å². The van der Waals surface area contributed by atoms with Gasteiger partial charge in [0.2, 0.25) is 0 Å². The highest BCUT2D eigenvalue weighted by atomic mass is 32.2. The second-order valence-electron chi connectivity index (χ2n) is 4.52. The molecule has 0 radical (unpaired) electrons. The van der Waals surface area contributed by atoms with Crippen molar-refractivity contribution in [3.8, 4) is 0 Å². The van der Waals surface area contributed by atoms with Gasteiger partial charge in [-0.05, 0) is 31.1 Å². The zero-order chi connectivity index (χ0) is 9.24. The number of rotatable bonds is 0. The summed E-state index contributed by atoms with van der Waals surface area (Å²) in [7, 11) is -2.69. The Morgan fingerprint density at radius 3 is 1.83 bits per heavy atom. The number of sulfone groups is 1. The van der Waals surface area contributed by atoms with Crippen LogP contribution in [-0.4, -0.2) is 19.9 Å².